The molecule has 2 aliphatic heterocycles. The number of carbonyl (C=O) groups is 2. The zero-order valence-electron chi connectivity index (χ0n) is 15.8. The number of benzene rings is 2. The van der Waals surface area contributed by atoms with E-state index in [1.807, 2.05) is 12.1 Å². The van der Waals surface area contributed by atoms with Crippen molar-refractivity contribution in [2.45, 2.75) is 25.2 Å². The van der Waals surface area contributed by atoms with E-state index in [1.165, 1.54) is 12.1 Å². The summed E-state index contributed by atoms with van der Waals surface area (Å²) >= 11 is 0. The van der Waals surface area contributed by atoms with Gasteiger partial charge in [0.2, 0.25) is 0 Å². The van der Waals surface area contributed by atoms with Crippen molar-refractivity contribution in [2.75, 3.05) is 19.6 Å². The summed E-state index contributed by atoms with van der Waals surface area (Å²) in [7, 11) is 0. The average Bonchev–Trinajstić information content (AvgIpc) is 3.27. The molecule has 5 rings (SSSR count). The molecule has 0 saturated carbocycles. The van der Waals surface area contributed by atoms with Crippen molar-refractivity contribution in [3.8, 4) is 0 Å². The summed E-state index contributed by atoms with van der Waals surface area (Å²) in [6, 6.07) is 10.0. The van der Waals surface area contributed by atoms with E-state index in [2.05, 4.69) is 15.4 Å². The Labute approximate surface area is 166 Å². The highest BCUT2D eigenvalue weighted by molar-refractivity contribution is 6.22. The van der Waals surface area contributed by atoms with Crippen molar-refractivity contribution >= 4 is 22.7 Å². The minimum atomic E-state index is -0.313. The molecular weight excluding hydrogens is 373 g/mol. The maximum absolute atomic E-state index is 13.4. The van der Waals surface area contributed by atoms with Gasteiger partial charge in [-0.15, -0.1) is 0 Å². The van der Waals surface area contributed by atoms with E-state index in [-0.39, 0.29) is 23.5 Å². The number of amides is 2. The van der Waals surface area contributed by atoms with Crippen LogP contribution in [-0.2, 0) is 6.42 Å². The number of imide groups is 1. The summed E-state index contributed by atoms with van der Waals surface area (Å²) in [5, 5.41) is 7.26. The Morgan fingerprint density at radius 3 is 2.79 bits per heavy atom. The van der Waals surface area contributed by atoms with Crippen LogP contribution in [0.4, 0.5) is 4.39 Å². The molecule has 0 aliphatic carbocycles. The SMILES string of the molecule is O=C1NC(=O)c2c(CCN3CCC(c4onc5cc(F)ccc45)CC3)cccc21. The number of nitrogens with zero attached hydrogens (tertiary/aromatic N) is 2. The number of hydrogen-bond donors (Lipinski definition) is 1. The molecule has 0 spiro atoms. The van der Waals surface area contributed by atoms with Gasteiger partial charge in [0.15, 0.2) is 0 Å². The van der Waals surface area contributed by atoms with Gasteiger partial charge in [0.25, 0.3) is 11.8 Å². The van der Waals surface area contributed by atoms with Gasteiger partial charge in [-0.05, 0) is 56.1 Å². The number of rotatable bonds is 4. The molecule has 1 saturated heterocycles. The van der Waals surface area contributed by atoms with Crippen LogP contribution in [-0.4, -0.2) is 41.5 Å². The molecule has 148 valence electrons. The first-order valence-electron chi connectivity index (χ1n) is 9.85. The Hall–Kier alpha value is -3.06. The minimum Gasteiger partial charge on any atom is -0.360 e. The molecule has 1 aromatic heterocycles. The predicted octanol–water partition coefficient (Wildman–Crippen LogP) is 3.27. The molecule has 2 aromatic carbocycles. The quantitative estimate of drug-likeness (QED) is 0.689. The van der Waals surface area contributed by atoms with Crippen LogP contribution in [0.25, 0.3) is 10.9 Å². The van der Waals surface area contributed by atoms with Crippen molar-refractivity contribution in [1.29, 1.82) is 0 Å². The summed E-state index contributed by atoms with van der Waals surface area (Å²) in [5.41, 5.74) is 2.47. The minimum absolute atomic E-state index is 0.270. The molecule has 3 aromatic rings. The maximum atomic E-state index is 13.4. The fourth-order valence-electron chi connectivity index (χ4n) is 4.43. The van der Waals surface area contributed by atoms with E-state index in [1.54, 1.807) is 12.1 Å². The molecule has 2 amide bonds. The van der Waals surface area contributed by atoms with Crippen LogP contribution in [0.15, 0.2) is 40.9 Å². The molecule has 3 heterocycles. The molecule has 0 atom stereocenters. The first-order chi connectivity index (χ1) is 14.1. The Bertz CT molecular complexity index is 1120. The zero-order valence-corrected chi connectivity index (χ0v) is 15.8. The first kappa shape index (κ1) is 18.0. The number of halogens is 1. The van der Waals surface area contributed by atoms with E-state index < -0.39 is 0 Å². The van der Waals surface area contributed by atoms with Crippen molar-refractivity contribution in [2.24, 2.45) is 0 Å². The molecule has 6 nitrogen and oxygen atoms in total. The Kier molecular flexibility index (Phi) is 4.39. The van der Waals surface area contributed by atoms with Gasteiger partial charge in [0, 0.05) is 23.9 Å². The third kappa shape index (κ3) is 3.21. The monoisotopic (exact) mass is 393 g/mol. The van der Waals surface area contributed by atoms with Crippen molar-refractivity contribution in [3.05, 3.63) is 64.7 Å². The van der Waals surface area contributed by atoms with Crippen LogP contribution in [0, 0.1) is 5.82 Å². The average molecular weight is 393 g/mol. The highest BCUT2D eigenvalue weighted by atomic mass is 19.1. The van der Waals surface area contributed by atoms with Gasteiger partial charge in [-0.1, -0.05) is 17.3 Å². The molecular formula is C22H20FN3O3. The van der Waals surface area contributed by atoms with E-state index in [4.69, 9.17) is 4.52 Å². The fraction of sp³-hybridized carbons (Fsp3) is 0.318. The number of fused-ring (bicyclic) bond motifs is 2. The number of aromatic nitrogens is 1. The predicted molar refractivity (Wildman–Crippen MR) is 104 cm³/mol. The lowest BCUT2D eigenvalue weighted by atomic mass is 9.92. The largest absolute Gasteiger partial charge is 0.360 e. The first-order valence-corrected chi connectivity index (χ1v) is 9.85. The van der Waals surface area contributed by atoms with Gasteiger partial charge in [-0.3, -0.25) is 14.9 Å². The number of piperidine rings is 1. The van der Waals surface area contributed by atoms with Crippen LogP contribution < -0.4 is 5.32 Å². The summed E-state index contributed by atoms with van der Waals surface area (Å²) < 4.78 is 18.9. The second-order valence-electron chi connectivity index (χ2n) is 7.70. The van der Waals surface area contributed by atoms with Gasteiger partial charge in [0.05, 0.1) is 11.1 Å². The highest BCUT2D eigenvalue weighted by Gasteiger charge is 2.30. The zero-order chi connectivity index (χ0) is 20.0. The van der Waals surface area contributed by atoms with Crippen LogP contribution in [0.5, 0.6) is 0 Å². The van der Waals surface area contributed by atoms with Gasteiger partial charge >= 0.3 is 0 Å². The molecule has 1 N–H and O–H groups in total. The molecule has 1 fully saturated rings. The lowest BCUT2D eigenvalue weighted by Gasteiger charge is -2.31. The Morgan fingerprint density at radius 1 is 1.14 bits per heavy atom. The van der Waals surface area contributed by atoms with Crippen molar-refractivity contribution in [3.63, 3.8) is 0 Å². The van der Waals surface area contributed by atoms with Crippen LogP contribution in [0.1, 0.15) is 50.8 Å². The summed E-state index contributed by atoms with van der Waals surface area (Å²) in [4.78, 5) is 26.2. The third-order valence-corrected chi connectivity index (χ3v) is 5.97. The Balaban J connectivity index is 1.23. The molecule has 2 aliphatic rings. The van der Waals surface area contributed by atoms with E-state index in [0.29, 0.717) is 16.6 Å². The summed E-state index contributed by atoms with van der Waals surface area (Å²) in [6.45, 7) is 2.65. The van der Waals surface area contributed by atoms with E-state index >= 15 is 0 Å². The molecule has 29 heavy (non-hydrogen) atoms. The maximum Gasteiger partial charge on any atom is 0.259 e. The number of nitrogens with one attached hydrogen (secondary N) is 1. The molecule has 0 bridgehead atoms. The second-order valence-corrected chi connectivity index (χ2v) is 7.70. The topological polar surface area (TPSA) is 75.4 Å². The Morgan fingerprint density at radius 2 is 1.97 bits per heavy atom. The van der Waals surface area contributed by atoms with Gasteiger partial charge < -0.3 is 9.42 Å². The van der Waals surface area contributed by atoms with Crippen LogP contribution >= 0.6 is 0 Å². The standard InChI is InChI=1S/C22H20FN3O3/c23-15-4-5-16-18(12-15)25-29-20(16)14-7-10-26(11-8-14)9-6-13-2-1-3-17-19(13)22(28)24-21(17)27/h1-5,12,14H,6-11H2,(H,24,27,28). The fourth-order valence-corrected chi connectivity index (χ4v) is 4.43. The number of likely N-dealkylation sites (tertiary alicyclic amines) is 1. The molecule has 0 unspecified atom stereocenters. The number of carbonyl (C=O) groups excluding carboxylic acids is 2. The smallest absolute Gasteiger partial charge is 0.259 e. The van der Waals surface area contributed by atoms with Gasteiger partial charge in [-0.25, -0.2) is 4.39 Å². The summed E-state index contributed by atoms with van der Waals surface area (Å²) in [5.74, 6) is 0.191. The van der Waals surface area contributed by atoms with Gasteiger partial charge in [-0.2, -0.15) is 0 Å². The molecule has 0 radical (unpaired) electrons. The van der Waals surface area contributed by atoms with Crippen LogP contribution in [0.3, 0.4) is 0 Å². The second kappa shape index (κ2) is 7.08. The van der Waals surface area contributed by atoms with Gasteiger partial charge in [0.1, 0.15) is 17.1 Å². The van der Waals surface area contributed by atoms with Crippen molar-refractivity contribution < 1.29 is 18.5 Å². The van der Waals surface area contributed by atoms with E-state index in [0.717, 1.165) is 55.6 Å². The summed E-state index contributed by atoms with van der Waals surface area (Å²) in [6.07, 6.45) is 2.60. The normalized spacial score (nSPS) is 17.7. The van der Waals surface area contributed by atoms with Crippen molar-refractivity contribution in [1.82, 2.24) is 15.4 Å². The lowest BCUT2D eigenvalue weighted by Crippen LogP contribution is -2.34. The van der Waals surface area contributed by atoms with E-state index in [9.17, 15) is 14.0 Å². The number of hydrogen-bond acceptors (Lipinski definition) is 5. The highest BCUT2D eigenvalue weighted by Crippen LogP contribution is 2.33. The molecule has 7 heteroatoms. The lowest BCUT2D eigenvalue weighted by molar-refractivity contribution is 0.0879. The third-order valence-electron chi connectivity index (χ3n) is 5.97. The van der Waals surface area contributed by atoms with Crippen LogP contribution in [0.2, 0.25) is 0 Å².